The van der Waals surface area contributed by atoms with Crippen molar-refractivity contribution in [3.63, 3.8) is 0 Å². The Balaban J connectivity index is 4.53. The largest absolute Gasteiger partial charge is 0.436 e. The number of terminal acetylenes is 2. The minimum Gasteiger partial charge on any atom is -0.436 e. The van der Waals surface area contributed by atoms with Gasteiger partial charge < -0.3 is 31.3 Å². The van der Waals surface area contributed by atoms with E-state index in [1.54, 1.807) is 0 Å². The Hall–Kier alpha value is -3.73. The van der Waals surface area contributed by atoms with E-state index in [0.717, 1.165) is 0 Å². The molecule has 0 aromatic carbocycles. The Kier molecular flexibility index (Phi) is 11.8. The normalized spacial score (nSPS) is 13.7. The number of carbonyl (C=O) groups excluding carboxylic acids is 5. The van der Waals surface area contributed by atoms with Crippen LogP contribution in [-0.4, -0.2) is 67.0 Å². The highest BCUT2D eigenvalue weighted by molar-refractivity contribution is 5.94. The van der Waals surface area contributed by atoms with E-state index < -0.39 is 53.9 Å². The number of amides is 5. The SMILES string of the molecule is C#CCNC(=O)[C@H](C)NC(=O)[C@H](C)NC(=O)[C@H](C)NC(=O)[C@H](C)NC(=O)OCC#C. The van der Waals surface area contributed by atoms with E-state index in [4.69, 9.17) is 12.8 Å². The summed E-state index contributed by atoms with van der Waals surface area (Å²) in [5, 5.41) is 11.9. The van der Waals surface area contributed by atoms with Crippen molar-refractivity contribution in [3.8, 4) is 24.7 Å². The molecule has 0 bridgehead atoms. The van der Waals surface area contributed by atoms with Crippen LogP contribution in [0.1, 0.15) is 27.7 Å². The molecule has 0 unspecified atom stereocenters. The molecule has 0 radical (unpaired) electrons. The number of nitrogens with one attached hydrogen (secondary N) is 5. The highest BCUT2D eigenvalue weighted by atomic mass is 16.5. The Morgan fingerprint density at radius 1 is 0.700 bits per heavy atom. The molecule has 0 saturated carbocycles. The highest BCUT2D eigenvalue weighted by Crippen LogP contribution is 1.92. The van der Waals surface area contributed by atoms with Gasteiger partial charge in [-0.15, -0.1) is 12.8 Å². The molecule has 0 rings (SSSR count). The molecular formula is C19H27N5O6. The van der Waals surface area contributed by atoms with Crippen LogP contribution in [0.2, 0.25) is 0 Å². The fraction of sp³-hybridized carbons (Fsp3) is 0.526. The second-order valence-corrected chi connectivity index (χ2v) is 6.26. The van der Waals surface area contributed by atoms with Crippen molar-refractivity contribution in [2.75, 3.05) is 13.2 Å². The summed E-state index contributed by atoms with van der Waals surface area (Å²) in [6.07, 6.45) is 9.12. The van der Waals surface area contributed by atoms with Gasteiger partial charge in [-0.25, -0.2) is 4.79 Å². The van der Waals surface area contributed by atoms with Gasteiger partial charge in [0.2, 0.25) is 23.6 Å². The summed E-state index contributed by atoms with van der Waals surface area (Å²) in [6, 6.07) is -3.83. The van der Waals surface area contributed by atoms with E-state index in [2.05, 4.69) is 43.2 Å². The number of hydrogen-bond acceptors (Lipinski definition) is 6. The zero-order valence-electron chi connectivity index (χ0n) is 17.3. The Bertz CT molecular complexity index is 739. The van der Waals surface area contributed by atoms with Gasteiger partial charge in [0.15, 0.2) is 6.61 Å². The third kappa shape index (κ3) is 9.99. The lowest BCUT2D eigenvalue weighted by atomic mass is 10.2. The lowest BCUT2D eigenvalue weighted by Gasteiger charge is -2.21. The minimum absolute atomic E-state index is 0.0253. The van der Waals surface area contributed by atoms with Crippen LogP contribution in [0.25, 0.3) is 0 Å². The van der Waals surface area contributed by atoms with Crippen molar-refractivity contribution < 1.29 is 28.7 Å². The second-order valence-electron chi connectivity index (χ2n) is 6.26. The molecule has 0 spiro atoms. The molecule has 0 aromatic heterocycles. The van der Waals surface area contributed by atoms with E-state index in [1.165, 1.54) is 27.7 Å². The Morgan fingerprint density at radius 2 is 1.10 bits per heavy atom. The lowest BCUT2D eigenvalue weighted by molar-refractivity contribution is -0.133. The van der Waals surface area contributed by atoms with E-state index in [1.807, 2.05) is 0 Å². The van der Waals surface area contributed by atoms with Crippen molar-refractivity contribution in [2.24, 2.45) is 0 Å². The molecule has 30 heavy (non-hydrogen) atoms. The van der Waals surface area contributed by atoms with E-state index in [9.17, 15) is 24.0 Å². The molecule has 5 amide bonds. The maximum Gasteiger partial charge on any atom is 0.408 e. The minimum atomic E-state index is -1.00. The summed E-state index contributed by atoms with van der Waals surface area (Å²) in [4.78, 5) is 59.5. The number of rotatable bonds is 10. The van der Waals surface area contributed by atoms with Gasteiger partial charge >= 0.3 is 6.09 Å². The standard InChI is InChI=1S/C19H27N5O6/c1-7-9-20-15(25)11(3)21-16(26)12(4)22-17(27)13(5)23-18(28)14(6)24-19(29)30-10-8-2/h1-2,11-14H,9-10H2,3-6H3,(H,20,25)(H,21,26)(H,22,27)(H,23,28)(H,24,29)/t11-,12-,13-,14-/m0/s1. The molecule has 0 aliphatic carbocycles. The van der Waals surface area contributed by atoms with Crippen LogP contribution in [0.4, 0.5) is 4.79 Å². The maximum atomic E-state index is 12.2. The number of carbonyl (C=O) groups is 5. The zero-order chi connectivity index (χ0) is 23.3. The first kappa shape index (κ1) is 26.3. The van der Waals surface area contributed by atoms with E-state index >= 15 is 0 Å². The van der Waals surface area contributed by atoms with Gasteiger partial charge in [-0.3, -0.25) is 19.2 Å². The van der Waals surface area contributed by atoms with Gasteiger partial charge in [-0.2, -0.15) is 0 Å². The van der Waals surface area contributed by atoms with Crippen molar-refractivity contribution in [3.05, 3.63) is 0 Å². The average Bonchev–Trinajstić information content (AvgIpc) is 2.69. The van der Waals surface area contributed by atoms with Crippen molar-refractivity contribution in [1.29, 1.82) is 0 Å². The fourth-order valence-corrected chi connectivity index (χ4v) is 1.89. The predicted molar refractivity (Wildman–Crippen MR) is 107 cm³/mol. The van der Waals surface area contributed by atoms with Gasteiger partial charge in [-0.05, 0) is 27.7 Å². The van der Waals surface area contributed by atoms with Crippen LogP contribution in [-0.2, 0) is 23.9 Å². The van der Waals surface area contributed by atoms with Crippen LogP contribution in [0.3, 0.4) is 0 Å². The summed E-state index contributed by atoms with van der Waals surface area (Å²) in [6.45, 7) is 5.45. The first-order chi connectivity index (χ1) is 14.0. The summed E-state index contributed by atoms with van der Waals surface area (Å²) in [5.74, 6) is 1.98. The number of ether oxygens (including phenoxy) is 1. The molecule has 0 saturated heterocycles. The molecule has 0 aliphatic heterocycles. The molecule has 0 aliphatic rings. The quantitative estimate of drug-likeness (QED) is 0.257. The van der Waals surface area contributed by atoms with Crippen molar-refractivity contribution in [2.45, 2.75) is 51.9 Å². The molecule has 4 atom stereocenters. The number of hydrogen-bond donors (Lipinski definition) is 5. The number of alkyl carbamates (subject to hydrolysis) is 1. The molecule has 0 heterocycles. The molecule has 5 N–H and O–H groups in total. The topological polar surface area (TPSA) is 155 Å². The summed E-state index contributed by atoms with van der Waals surface area (Å²) < 4.78 is 4.59. The van der Waals surface area contributed by atoms with Gasteiger partial charge in [0.05, 0.1) is 6.54 Å². The maximum absolute atomic E-state index is 12.2. The first-order valence-corrected chi connectivity index (χ1v) is 9.02. The summed E-state index contributed by atoms with van der Waals surface area (Å²) in [7, 11) is 0. The summed E-state index contributed by atoms with van der Waals surface area (Å²) in [5.41, 5.74) is 0. The van der Waals surface area contributed by atoms with E-state index in [-0.39, 0.29) is 13.2 Å². The molecule has 11 nitrogen and oxygen atoms in total. The molecule has 0 fully saturated rings. The smallest absolute Gasteiger partial charge is 0.408 e. The fourth-order valence-electron chi connectivity index (χ4n) is 1.89. The molecular weight excluding hydrogens is 394 g/mol. The van der Waals surface area contributed by atoms with Crippen molar-refractivity contribution in [1.82, 2.24) is 26.6 Å². The monoisotopic (exact) mass is 421 g/mol. The molecule has 164 valence electrons. The van der Waals surface area contributed by atoms with Crippen LogP contribution in [0, 0.1) is 24.7 Å². The highest BCUT2D eigenvalue weighted by Gasteiger charge is 2.25. The van der Waals surface area contributed by atoms with Crippen molar-refractivity contribution >= 4 is 29.7 Å². The predicted octanol–water partition coefficient (Wildman–Crippen LogP) is -2.00. The average molecular weight is 421 g/mol. The van der Waals surface area contributed by atoms with Crippen LogP contribution in [0.5, 0.6) is 0 Å². The van der Waals surface area contributed by atoms with Crippen LogP contribution >= 0.6 is 0 Å². The first-order valence-electron chi connectivity index (χ1n) is 9.02. The summed E-state index contributed by atoms with van der Waals surface area (Å²) >= 11 is 0. The van der Waals surface area contributed by atoms with Crippen LogP contribution in [0.15, 0.2) is 0 Å². The van der Waals surface area contributed by atoms with E-state index in [0.29, 0.717) is 0 Å². The lowest BCUT2D eigenvalue weighted by Crippen LogP contribution is -2.56. The van der Waals surface area contributed by atoms with Gasteiger partial charge in [0.1, 0.15) is 24.2 Å². The zero-order valence-corrected chi connectivity index (χ0v) is 17.3. The van der Waals surface area contributed by atoms with Gasteiger partial charge in [0, 0.05) is 0 Å². The molecule has 11 heteroatoms. The third-order valence-corrected chi connectivity index (χ3v) is 3.64. The second kappa shape index (κ2) is 13.4. The third-order valence-electron chi connectivity index (χ3n) is 3.64. The van der Waals surface area contributed by atoms with Crippen LogP contribution < -0.4 is 26.6 Å². The Labute approximate surface area is 175 Å². The molecule has 0 aromatic rings. The van der Waals surface area contributed by atoms with Gasteiger partial charge in [-0.1, -0.05) is 11.8 Å². The Morgan fingerprint density at radius 3 is 1.50 bits per heavy atom. The van der Waals surface area contributed by atoms with Gasteiger partial charge in [0.25, 0.3) is 0 Å².